The summed E-state index contributed by atoms with van der Waals surface area (Å²) in [4.78, 5) is 11.5. The standard InChI is InChI=1S/C10H13BrO3/c1-4-13-10(12)9-6(2)8(11)5-14-7(9)3/h4-5H2,1-3H3. The molecule has 0 aromatic carbocycles. The lowest BCUT2D eigenvalue weighted by molar-refractivity contribution is -0.138. The molecular formula is C10H13BrO3. The summed E-state index contributed by atoms with van der Waals surface area (Å²) in [5.74, 6) is 0.309. The van der Waals surface area contributed by atoms with Gasteiger partial charge < -0.3 is 9.47 Å². The highest BCUT2D eigenvalue weighted by molar-refractivity contribution is 9.11. The third-order valence-corrected chi connectivity index (χ3v) is 2.85. The second kappa shape index (κ2) is 4.64. The Hall–Kier alpha value is -0.770. The second-order valence-electron chi connectivity index (χ2n) is 2.97. The fraction of sp³-hybridized carbons (Fsp3) is 0.500. The lowest BCUT2D eigenvalue weighted by Crippen LogP contribution is -2.16. The average Bonchev–Trinajstić information content (AvgIpc) is 2.13. The van der Waals surface area contributed by atoms with E-state index in [1.165, 1.54) is 0 Å². The minimum absolute atomic E-state index is 0.320. The molecule has 0 radical (unpaired) electrons. The van der Waals surface area contributed by atoms with Crippen molar-refractivity contribution in [3.8, 4) is 0 Å². The van der Waals surface area contributed by atoms with E-state index in [1.54, 1.807) is 13.8 Å². The molecule has 0 bridgehead atoms. The molecule has 0 fully saturated rings. The number of hydrogen-bond acceptors (Lipinski definition) is 3. The van der Waals surface area contributed by atoms with Crippen LogP contribution in [-0.2, 0) is 14.3 Å². The van der Waals surface area contributed by atoms with E-state index >= 15 is 0 Å². The fourth-order valence-electron chi connectivity index (χ4n) is 1.25. The molecule has 0 unspecified atom stereocenters. The lowest BCUT2D eigenvalue weighted by Gasteiger charge is -2.19. The molecule has 14 heavy (non-hydrogen) atoms. The van der Waals surface area contributed by atoms with Crippen LogP contribution in [0.1, 0.15) is 20.8 Å². The van der Waals surface area contributed by atoms with E-state index in [1.807, 2.05) is 6.92 Å². The molecule has 0 aliphatic carbocycles. The summed E-state index contributed by atoms with van der Waals surface area (Å²) < 4.78 is 11.1. The quantitative estimate of drug-likeness (QED) is 0.716. The van der Waals surface area contributed by atoms with Crippen LogP contribution in [0, 0.1) is 0 Å². The first kappa shape index (κ1) is 11.3. The summed E-state index contributed by atoms with van der Waals surface area (Å²) in [6.07, 6.45) is 0. The molecule has 4 heteroatoms. The van der Waals surface area contributed by atoms with E-state index in [0.717, 1.165) is 10.1 Å². The molecule has 0 aromatic rings. The van der Waals surface area contributed by atoms with E-state index in [9.17, 15) is 4.79 Å². The first-order valence-corrected chi connectivity index (χ1v) is 5.23. The van der Waals surface area contributed by atoms with Crippen molar-refractivity contribution in [2.45, 2.75) is 20.8 Å². The summed E-state index contributed by atoms with van der Waals surface area (Å²) in [7, 11) is 0. The van der Waals surface area contributed by atoms with Gasteiger partial charge in [-0.2, -0.15) is 0 Å². The number of allylic oxidation sites excluding steroid dienone is 1. The van der Waals surface area contributed by atoms with Crippen molar-refractivity contribution in [2.24, 2.45) is 0 Å². The summed E-state index contributed by atoms with van der Waals surface area (Å²) in [6, 6.07) is 0. The van der Waals surface area contributed by atoms with Gasteiger partial charge in [-0.3, -0.25) is 0 Å². The Balaban J connectivity index is 2.99. The normalized spacial score (nSPS) is 16.9. The van der Waals surface area contributed by atoms with Crippen LogP contribution in [0.15, 0.2) is 21.4 Å². The molecule has 1 heterocycles. The van der Waals surface area contributed by atoms with Crippen LogP contribution in [-0.4, -0.2) is 19.2 Å². The zero-order valence-electron chi connectivity index (χ0n) is 8.52. The molecule has 0 N–H and O–H groups in total. The summed E-state index contributed by atoms with van der Waals surface area (Å²) >= 11 is 3.35. The average molecular weight is 261 g/mol. The zero-order chi connectivity index (χ0) is 10.7. The zero-order valence-corrected chi connectivity index (χ0v) is 10.1. The highest BCUT2D eigenvalue weighted by Crippen LogP contribution is 2.28. The SMILES string of the molecule is CCOC(=O)C1=C(C)OCC(Br)=C1C. The summed E-state index contributed by atoms with van der Waals surface area (Å²) in [5.41, 5.74) is 1.43. The lowest BCUT2D eigenvalue weighted by atomic mass is 10.1. The molecule has 0 atom stereocenters. The molecule has 0 spiro atoms. The van der Waals surface area contributed by atoms with E-state index in [0.29, 0.717) is 24.5 Å². The highest BCUT2D eigenvalue weighted by Gasteiger charge is 2.23. The van der Waals surface area contributed by atoms with Crippen molar-refractivity contribution in [3.63, 3.8) is 0 Å². The molecule has 78 valence electrons. The Morgan fingerprint density at radius 1 is 1.57 bits per heavy atom. The molecule has 0 amide bonds. The van der Waals surface area contributed by atoms with Gasteiger partial charge in [0.1, 0.15) is 17.9 Å². The fourth-order valence-corrected chi connectivity index (χ4v) is 1.56. The van der Waals surface area contributed by atoms with Gasteiger partial charge in [-0.1, -0.05) is 15.9 Å². The van der Waals surface area contributed by atoms with Gasteiger partial charge >= 0.3 is 5.97 Å². The van der Waals surface area contributed by atoms with Crippen LogP contribution in [0.3, 0.4) is 0 Å². The largest absolute Gasteiger partial charge is 0.492 e. The minimum atomic E-state index is -0.320. The third kappa shape index (κ3) is 2.18. The molecule has 1 aliphatic heterocycles. The molecular weight excluding hydrogens is 248 g/mol. The van der Waals surface area contributed by atoms with Gasteiger partial charge in [0.05, 0.1) is 6.61 Å². The third-order valence-electron chi connectivity index (χ3n) is 2.03. The van der Waals surface area contributed by atoms with Gasteiger partial charge in [-0.15, -0.1) is 0 Å². The van der Waals surface area contributed by atoms with Gasteiger partial charge in [0.2, 0.25) is 0 Å². The summed E-state index contributed by atoms with van der Waals surface area (Å²) in [6.45, 7) is 6.30. The van der Waals surface area contributed by atoms with Gasteiger partial charge in [0.15, 0.2) is 0 Å². The van der Waals surface area contributed by atoms with E-state index in [2.05, 4.69) is 15.9 Å². The van der Waals surface area contributed by atoms with Gasteiger partial charge in [-0.05, 0) is 26.3 Å². The van der Waals surface area contributed by atoms with E-state index < -0.39 is 0 Å². The van der Waals surface area contributed by atoms with Crippen molar-refractivity contribution in [3.05, 3.63) is 21.4 Å². The smallest absolute Gasteiger partial charge is 0.341 e. The van der Waals surface area contributed by atoms with Crippen molar-refractivity contribution in [1.29, 1.82) is 0 Å². The Bertz CT molecular complexity index is 315. The van der Waals surface area contributed by atoms with Gasteiger partial charge in [0, 0.05) is 4.48 Å². The van der Waals surface area contributed by atoms with Crippen molar-refractivity contribution >= 4 is 21.9 Å². The first-order valence-electron chi connectivity index (χ1n) is 4.44. The van der Waals surface area contributed by atoms with Gasteiger partial charge in [0.25, 0.3) is 0 Å². The molecule has 0 saturated heterocycles. The number of esters is 1. The maximum Gasteiger partial charge on any atom is 0.341 e. The number of halogens is 1. The number of carbonyl (C=O) groups is 1. The van der Waals surface area contributed by atoms with Crippen molar-refractivity contribution in [1.82, 2.24) is 0 Å². The Labute approximate surface area is 91.9 Å². The molecule has 1 aliphatic rings. The number of carbonyl (C=O) groups excluding carboxylic acids is 1. The van der Waals surface area contributed by atoms with Crippen LogP contribution in [0.5, 0.6) is 0 Å². The van der Waals surface area contributed by atoms with Crippen LogP contribution in [0.4, 0.5) is 0 Å². The Morgan fingerprint density at radius 3 is 2.79 bits per heavy atom. The first-order chi connectivity index (χ1) is 6.57. The van der Waals surface area contributed by atoms with Crippen molar-refractivity contribution < 1.29 is 14.3 Å². The van der Waals surface area contributed by atoms with Crippen LogP contribution in [0.25, 0.3) is 0 Å². The van der Waals surface area contributed by atoms with Crippen molar-refractivity contribution in [2.75, 3.05) is 13.2 Å². The predicted octanol–water partition coefficient (Wildman–Crippen LogP) is 2.52. The highest BCUT2D eigenvalue weighted by atomic mass is 79.9. The summed E-state index contributed by atoms with van der Waals surface area (Å²) in [5, 5.41) is 0. The minimum Gasteiger partial charge on any atom is -0.492 e. The van der Waals surface area contributed by atoms with Crippen LogP contribution < -0.4 is 0 Å². The second-order valence-corrected chi connectivity index (χ2v) is 3.93. The molecule has 0 saturated carbocycles. The molecule has 1 rings (SSSR count). The molecule has 3 nitrogen and oxygen atoms in total. The Morgan fingerprint density at radius 2 is 2.21 bits per heavy atom. The monoisotopic (exact) mass is 260 g/mol. The van der Waals surface area contributed by atoms with Crippen LogP contribution >= 0.6 is 15.9 Å². The van der Waals surface area contributed by atoms with E-state index in [4.69, 9.17) is 9.47 Å². The number of hydrogen-bond donors (Lipinski definition) is 0. The Kier molecular flexibility index (Phi) is 3.75. The predicted molar refractivity (Wildman–Crippen MR) is 56.9 cm³/mol. The van der Waals surface area contributed by atoms with Gasteiger partial charge in [-0.25, -0.2) is 4.79 Å². The number of rotatable bonds is 2. The topological polar surface area (TPSA) is 35.5 Å². The molecule has 0 aromatic heterocycles. The maximum atomic E-state index is 11.5. The number of ether oxygens (including phenoxy) is 2. The maximum absolute atomic E-state index is 11.5. The van der Waals surface area contributed by atoms with E-state index in [-0.39, 0.29) is 5.97 Å². The van der Waals surface area contributed by atoms with Crippen LogP contribution in [0.2, 0.25) is 0 Å².